The van der Waals surface area contributed by atoms with E-state index in [1.54, 1.807) is 0 Å². The molecule has 64 valence electrons. The molecule has 1 aliphatic carbocycles. The summed E-state index contributed by atoms with van der Waals surface area (Å²) in [6.07, 6.45) is 4.17. The van der Waals surface area contributed by atoms with Gasteiger partial charge in [-0.1, -0.05) is 0 Å². The monoisotopic (exact) mass is 296 g/mol. The number of allylic oxidation sites excluding steroid dienone is 1. The fraction of sp³-hybridized carbons (Fsp3) is 0.625. The first-order valence-corrected chi connectivity index (χ1v) is 7.57. The predicted octanol–water partition coefficient (Wildman–Crippen LogP) is 0.991. The van der Waals surface area contributed by atoms with E-state index in [1.807, 2.05) is 6.08 Å². The molecular weight excluding hydrogens is 286 g/mol. The van der Waals surface area contributed by atoms with Gasteiger partial charge < -0.3 is 0 Å². The minimum absolute atomic E-state index is 0.352. The number of carbonyl (C=O) groups is 1. The number of aliphatic carboxylic acids is 1. The second-order valence-electron chi connectivity index (χ2n) is 3.69. The Bertz CT molecular complexity index is 314. The number of fused-ring (bicyclic) bond motifs is 3. The summed E-state index contributed by atoms with van der Waals surface area (Å²) in [6, 6.07) is 0. The summed E-state index contributed by atoms with van der Waals surface area (Å²) in [7, 11) is 0. The Morgan fingerprint density at radius 2 is 2.17 bits per heavy atom. The summed E-state index contributed by atoms with van der Waals surface area (Å²) in [5.74, 6) is -0.575. The zero-order valence-electron chi connectivity index (χ0n) is 6.48. The fourth-order valence-electron chi connectivity index (χ4n) is 1.87. The van der Waals surface area contributed by atoms with Crippen LogP contribution in [0.5, 0.6) is 0 Å². The summed E-state index contributed by atoms with van der Waals surface area (Å²) < 4.78 is 0.101. The average Bonchev–Trinajstić information content (AvgIpc) is 2.76. The molecule has 0 aromatic rings. The Kier molecular flexibility index (Phi) is 1.18. The predicted molar refractivity (Wildman–Crippen MR) is 46.8 cm³/mol. The van der Waals surface area contributed by atoms with Crippen molar-refractivity contribution in [2.45, 2.75) is 25.2 Å². The average molecular weight is 294 g/mol. The van der Waals surface area contributed by atoms with Crippen molar-refractivity contribution in [3.05, 3.63) is 12.2 Å². The standard InChI is InChI=1S/C8H8O2Se2/c1-7-2-3-8(6(9)10)5(12-8)4(7)11-7/h2-5H,1H3,(H,9,10). The molecule has 1 N–H and O–H groups in total. The molecule has 0 bridgehead atoms. The minimum atomic E-state index is -0.575. The first kappa shape index (κ1) is 7.63. The second-order valence-corrected chi connectivity index (χ2v) is 10.1. The van der Waals surface area contributed by atoms with Crippen molar-refractivity contribution in [1.82, 2.24) is 0 Å². The van der Waals surface area contributed by atoms with E-state index >= 15 is 0 Å². The van der Waals surface area contributed by atoms with Crippen molar-refractivity contribution in [3.8, 4) is 0 Å². The Balaban J connectivity index is 2.00. The van der Waals surface area contributed by atoms with Gasteiger partial charge in [0.25, 0.3) is 0 Å². The fourth-order valence-corrected chi connectivity index (χ4v) is 9.20. The van der Waals surface area contributed by atoms with Gasteiger partial charge in [0.15, 0.2) is 0 Å². The van der Waals surface area contributed by atoms with Crippen LogP contribution in [0, 0.1) is 0 Å². The quantitative estimate of drug-likeness (QED) is 0.578. The third kappa shape index (κ3) is 0.706. The van der Waals surface area contributed by atoms with Gasteiger partial charge in [0, 0.05) is 0 Å². The van der Waals surface area contributed by atoms with Gasteiger partial charge in [-0.2, -0.15) is 0 Å². The molecule has 0 aromatic heterocycles. The third-order valence-corrected chi connectivity index (χ3v) is 10.6. The maximum atomic E-state index is 11.0. The van der Waals surface area contributed by atoms with Crippen LogP contribution in [0.2, 0.25) is 18.3 Å². The summed E-state index contributed by atoms with van der Waals surface area (Å²) >= 11 is 1.06. The maximum absolute atomic E-state index is 11.0. The first-order valence-electron chi connectivity index (χ1n) is 3.88. The van der Waals surface area contributed by atoms with Crippen LogP contribution in [-0.4, -0.2) is 41.0 Å². The van der Waals surface area contributed by atoms with E-state index in [1.165, 1.54) is 0 Å². The number of hydrogen-bond acceptors (Lipinski definition) is 1. The summed E-state index contributed by atoms with van der Waals surface area (Å²) in [5.41, 5.74) is 0. The third-order valence-electron chi connectivity index (χ3n) is 2.85. The van der Waals surface area contributed by atoms with Crippen molar-refractivity contribution < 1.29 is 9.90 Å². The molecule has 4 atom stereocenters. The van der Waals surface area contributed by atoms with Gasteiger partial charge in [-0.05, 0) is 0 Å². The second kappa shape index (κ2) is 1.85. The first-order chi connectivity index (χ1) is 5.58. The van der Waals surface area contributed by atoms with Crippen molar-refractivity contribution in [2.24, 2.45) is 0 Å². The van der Waals surface area contributed by atoms with E-state index in [-0.39, 0.29) is 4.31 Å². The zero-order valence-corrected chi connectivity index (χ0v) is 9.91. The van der Waals surface area contributed by atoms with Crippen LogP contribution in [0.4, 0.5) is 0 Å². The summed E-state index contributed by atoms with van der Waals surface area (Å²) in [4.78, 5) is 12.3. The topological polar surface area (TPSA) is 37.3 Å². The van der Waals surface area contributed by atoms with E-state index in [0.717, 1.165) is 4.82 Å². The van der Waals surface area contributed by atoms with Crippen LogP contribution in [0.1, 0.15) is 6.92 Å². The van der Waals surface area contributed by atoms with Gasteiger partial charge in [0.2, 0.25) is 0 Å². The van der Waals surface area contributed by atoms with Crippen LogP contribution in [0.25, 0.3) is 0 Å². The van der Waals surface area contributed by atoms with Crippen molar-refractivity contribution in [3.63, 3.8) is 0 Å². The normalized spacial score (nSPS) is 58.8. The molecule has 0 amide bonds. The summed E-state index contributed by atoms with van der Waals surface area (Å²) in [6.45, 7) is 2.27. The van der Waals surface area contributed by atoms with Crippen molar-refractivity contribution in [1.29, 1.82) is 0 Å². The number of hydrogen-bond donors (Lipinski definition) is 1. The van der Waals surface area contributed by atoms with Gasteiger partial charge in [0.05, 0.1) is 0 Å². The van der Waals surface area contributed by atoms with Crippen LogP contribution in [0.15, 0.2) is 12.2 Å². The molecule has 0 aromatic carbocycles. The number of carboxylic acid groups (broad SMARTS) is 1. The van der Waals surface area contributed by atoms with Gasteiger partial charge >= 0.3 is 83.1 Å². The van der Waals surface area contributed by atoms with Crippen LogP contribution in [0.3, 0.4) is 0 Å². The zero-order chi connectivity index (χ0) is 8.56. The van der Waals surface area contributed by atoms with Crippen molar-refractivity contribution >= 4 is 35.9 Å². The SMILES string of the molecule is CC12C=CC3(C(=O)O)[Se]C3C1[Se]2. The Morgan fingerprint density at radius 3 is 2.83 bits per heavy atom. The Hall–Kier alpha value is 0.249. The number of carboxylic acids is 1. The molecule has 2 saturated heterocycles. The van der Waals surface area contributed by atoms with E-state index in [0.29, 0.717) is 39.0 Å². The molecule has 4 unspecified atom stereocenters. The molecule has 4 heteroatoms. The van der Waals surface area contributed by atoms with Gasteiger partial charge in [-0.25, -0.2) is 0 Å². The van der Waals surface area contributed by atoms with E-state index in [4.69, 9.17) is 5.11 Å². The number of rotatable bonds is 1. The van der Waals surface area contributed by atoms with Crippen LogP contribution < -0.4 is 0 Å². The van der Waals surface area contributed by atoms with E-state index in [2.05, 4.69) is 13.0 Å². The molecule has 2 heterocycles. The van der Waals surface area contributed by atoms with Gasteiger partial charge in [-0.3, -0.25) is 0 Å². The van der Waals surface area contributed by atoms with Gasteiger partial charge in [0.1, 0.15) is 0 Å². The van der Waals surface area contributed by atoms with Crippen LogP contribution >= 0.6 is 0 Å². The van der Waals surface area contributed by atoms with E-state index < -0.39 is 5.97 Å². The molecule has 3 rings (SSSR count). The van der Waals surface area contributed by atoms with Gasteiger partial charge in [-0.15, -0.1) is 0 Å². The Morgan fingerprint density at radius 1 is 1.42 bits per heavy atom. The molecule has 12 heavy (non-hydrogen) atoms. The van der Waals surface area contributed by atoms with Crippen LogP contribution in [-0.2, 0) is 4.79 Å². The van der Waals surface area contributed by atoms with Crippen molar-refractivity contribution in [2.75, 3.05) is 0 Å². The molecule has 2 nitrogen and oxygen atoms in total. The molecule has 0 saturated carbocycles. The molecule has 2 aliphatic heterocycles. The molecule has 3 aliphatic rings. The van der Waals surface area contributed by atoms with E-state index in [9.17, 15) is 4.79 Å². The molecule has 0 radical (unpaired) electrons. The summed E-state index contributed by atoms with van der Waals surface area (Å²) in [5, 5.41) is 9.03. The molecule has 0 spiro atoms. The molecular formula is C8H8O2Se2. The molecule has 2 fully saturated rings. The Labute approximate surface area is 83.1 Å².